The van der Waals surface area contributed by atoms with Crippen molar-refractivity contribution in [3.8, 4) is 11.5 Å². The monoisotopic (exact) mass is 397 g/mol. The van der Waals surface area contributed by atoms with Gasteiger partial charge in [0, 0.05) is 34.2 Å². The summed E-state index contributed by atoms with van der Waals surface area (Å²) in [7, 11) is 3.10. The van der Waals surface area contributed by atoms with E-state index >= 15 is 0 Å². The van der Waals surface area contributed by atoms with Crippen LogP contribution in [0.15, 0.2) is 54.7 Å². The third kappa shape index (κ3) is 4.35. The molecule has 0 fully saturated rings. The minimum atomic E-state index is -0.263. The zero-order valence-electron chi connectivity index (χ0n) is 15.7. The SMILES string of the molecule is COc1ccc(NC(=O)c2ccnc(Nc3cccc(Cl)c3C)c2)cc1OC. The van der Waals surface area contributed by atoms with Gasteiger partial charge in [-0.25, -0.2) is 4.98 Å². The van der Waals surface area contributed by atoms with Gasteiger partial charge < -0.3 is 20.1 Å². The Morgan fingerprint density at radius 2 is 1.82 bits per heavy atom. The predicted molar refractivity (Wildman–Crippen MR) is 111 cm³/mol. The van der Waals surface area contributed by atoms with Gasteiger partial charge in [-0.3, -0.25) is 4.79 Å². The highest BCUT2D eigenvalue weighted by Crippen LogP contribution is 2.30. The summed E-state index contributed by atoms with van der Waals surface area (Å²) < 4.78 is 10.5. The maximum atomic E-state index is 12.6. The number of carbonyl (C=O) groups is 1. The number of methoxy groups -OCH3 is 2. The Labute approximate surface area is 168 Å². The van der Waals surface area contributed by atoms with Crippen molar-refractivity contribution < 1.29 is 14.3 Å². The van der Waals surface area contributed by atoms with Crippen molar-refractivity contribution in [2.75, 3.05) is 24.9 Å². The van der Waals surface area contributed by atoms with E-state index in [1.54, 1.807) is 50.7 Å². The van der Waals surface area contributed by atoms with Crippen LogP contribution in [0, 0.1) is 6.92 Å². The number of hydrogen-bond acceptors (Lipinski definition) is 5. The Kier molecular flexibility index (Phi) is 6.01. The highest BCUT2D eigenvalue weighted by atomic mass is 35.5. The number of nitrogens with one attached hydrogen (secondary N) is 2. The maximum absolute atomic E-state index is 12.6. The minimum Gasteiger partial charge on any atom is -0.493 e. The summed E-state index contributed by atoms with van der Waals surface area (Å²) in [4.78, 5) is 16.9. The molecule has 28 heavy (non-hydrogen) atoms. The van der Waals surface area contributed by atoms with Crippen molar-refractivity contribution in [1.82, 2.24) is 4.98 Å². The first-order valence-corrected chi connectivity index (χ1v) is 8.91. The molecule has 7 heteroatoms. The molecule has 1 amide bonds. The van der Waals surface area contributed by atoms with Crippen LogP contribution in [0.3, 0.4) is 0 Å². The molecule has 0 unspecified atom stereocenters. The second-order valence-corrected chi connectivity index (χ2v) is 6.40. The average Bonchev–Trinajstić information content (AvgIpc) is 2.71. The van der Waals surface area contributed by atoms with Crippen molar-refractivity contribution in [3.63, 3.8) is 0 Å². The van der Waals surface area contributed by atoms with E-state index in [0.29, 0.717) is 33.6 Å². The molecule has 1 heterocycles. The first kappa shape index (κ1) is 19.5. The Balaban J connectivity index is 1.78. The molecule has 0 aliphatic carbocycles. The minimum absolute atomic E-state index is 0.263. The number of pyridine rings is 1. The van der Waals surface area contributed by atoms with E-state index in [0.717, 1.165) is 11.3 Å². The zero-order chi connectivity index (χ0) is 20.1. The lowest BCUT2D eigenvalue weighted by Crippen LogP contribution is -2.12. The van der Waals surface area contributed by atoms with Gasteiger partial charge in [-0.2, -0.15) is 0 Å². The smallest absolute Gasteiger partial charge is 0.255 e. The molecule has 2 aromatic carbocycles. The fourth-order valence-electron chi connectivity index (χ4n) is 2.64. The Morgan fingerprint density at radius 1 is 1.04 bits per heavy atom. The Hall–Kier alpha value is -3.25. The third-order valence-corrected chi connectivity index (χ3v) is 4.60. The lowest BCUT2D eigenvalue weighted by atomic mass is 10.2. The summed E-state index contributed by atoms with van der Waals surface area (Å²) in [5.74, 6) is 1.41. The zero-order valence-corrected chi connectivity index (χ0v) is 16.5. The molecule has 2 N–H and O–H groups in total. The number of hydrogen-bond donors (Lipinski definition) is 2. The molecule has 3 rings (SSSR count). The van der Waals surface area contributed by atoms with E-state index in [-0.39, 0.29) is 5.91 Å². The number of rotatable bonds is 6. The largest absolute Gasteiger partial charge is 0.493 e. The summed E-state index contributed by atoms with van der Waals surface area (Å²) in [5.41, 5.74) is 2.80. The van der Waals surface area contributed by atoms with E-state index in [1.165, 1.54) is 0 Å². The van der Waals surface area contributed by atoms with Crippen LogP contribution >= 0.6 is 11.6 Å². The maximum Gasteiger partial charge on any atom is 0.255 e. The van der Waals surface area contributed by atoms with Crippen LogP contribution in [-0.4, -0.2) is 25.1 Å². The molecule has 0 spiro atoms. The van der Waals surface area contributed by atoms with Gasteiger partial charge in [0.2, 0.25) is 0 Å². The van der Waals surface area contributed by atoms with Gasteiger partial charge in [0.1, 0.15) is 5.82 Å². The second-order valence-electron chi connectivity index (χ2n) is 5.99. The van der Waals surface area contributed by atoms with E-state index in [9.17, 15) is 4.79 Å². The van der Waals surface area contributed by atoms with Gasteiger partial charge in [-0.05, 0) is 48.9 Å². The van der Waals surface area contributed by atoms with Crippen LogP contribution in [0.25, 0.3) is 0 Å². The van der Waals surface area contributed by atoms with E-state index in [2.05, 4.69) is 15.6 Å². The van der Waals surface area contributed by atoms with Crippen molar-refractivity contribution in [3.05, 3.63) is 70.9 Å². The molecule has 144 valence electrons. The Morgan fingerprint density at radius 3 is 2.57 bits per heavy atom. The number of ether oxygens (including phenoxy) is 2. The quantitative estimate of drug-likeness (QED) is 0.608. The fourth-order valence-corrected chi connectivity index (χ4v) is 2.81. The molecule has 0 aliphatic heterocycles. The van der Waals surface area contributed by atoms with Crippen molar-refractivity contribution >= 4 is 34.7 Å². The van der Waals surface area contributed by atoms with Crippen molar-refractivity contribution in [1.29, 1.82) is 0 Å². The highest BCUT2D eigenvalue weighted by Gasteiger charge is 2.11. The second kappa shape index (κ2) is 8.63. The summed E-state index contributed by atoms with van der Waals surface area (Å²) in [5, 5.41) is 6.70. The molecule has 0 saturated carbocycles. The summed E-state index contributed by atoms with van der Waals surface area (Å²) in [6.45, 7) is 1.91. The van der Waals surface area contributed by atoms with Crippen LogP contribution in [0.2, 0.25) is 5.02 Å². The molecule has 1 aromatic heterocycles. The van der Waals surface area contributed by atoms with Gasteiger partial charge in [-0.1, -0.05) is 17.7 Å². The molecule has 0 atom stereocenters. The van der Waals surface area contributed by atoms with Gasteiger partial charge in [0.15, 0.2) is 11.5 Å². The molecular formula is C21H20ClN3O3. The summed E-state index contributed by atoms with van der Waals surface area (Å²) in [6, 6.07) is 14.1. The number of nitrogens with zero attached hydrogens (tertiary/aromatic N) is 1. The molecule has 0 aliphatic rings. The summed E-state index contributed by atoms with van der Waals surface area (Å²) >= 11 is 6.15. The van der Waals surface area contributed by atoms with Crippen LogP contribution in [0.1, 0.15) is 15.9 Å². The number of carbonyl (C=O) groups excluding carboxylic acids is 1. The standard InChI is InChI=1S/C21H20ClN3O3/c1-13-16(22)5-4-6-17(13)25-20-11-14(9-10-23-20)21(26)24-15-7-8-18(27-2)19(12-15)28-3/h4-12H,1-3H3,(H,23,25)(H,24,26). The number of halogens is 1. The van der Waals surface area contributed by atoms with Crippen molar-refractivity contribution in [2.24, 2.45) is 0 Å². The van der Waals surface area contributed by atoms with Crippen LogP contribution < -0.4 is 20.1 Å². The topological polar surface area (TPSA) is 72.5 Å². The normalized spacial score (nSPS) is 10.3. The lowest BCUT2D eigenvalue weighted by Gasteiger charge is -2.12. The van der Waals surface area contributed by atoms with E-state index in [4.69, 9.17) is 21.1 Å². The number of anilines is 3. The first-order valence-electron chi connectivity index (χ1n) is 8.53. The lowest BCUT2D eigenvalue weighted by molar-refractivity contribution is 0.102. The van der Waals surface area contributed by atoms with Gasteiger partial charge >= 0.3 is 0 Å². The van der Waals surface area contributed by atoms with Crippen LogP contribution in [0.5, 0.6) is 11.5 Å². The fraction of sp³-hybridized carbons (Fsp3) is 0.143. The van der Waals surface area contributed by atoms with Crippen LogP contribution in [-0.2, 0) is 0 Å². The first-order chi connectivity index (χ1) is 13.5. The van der Waals surface area contributed by atoms with Crippen molar-refractivity contribution in [2.45, 2.75) is 6.92 Å². The number of benzene rings is 2. The molecule has 3 aromatic rings. The number of amides is 1. The molecular weight excluding hydrogens is 378 g/mol. The summed E-state index contributed by atoms with van der Waals surface area (Å²) in [6.07, 6.45) is 1.58. The molecule has 0 radical (unpaired) electrons. The van der Waals surface area contributed by atoms with Crippen LogP contribution in [0.4, 0.5) is 17.2 Å². The highest BCUT2D eigenvalue weighted by molar-refractivity contribution is 6.31. The van der Waals surface area contributed by atoms with E-state index in [1.807, 2.05) is 25.1 Å². The third-order valence-electron chi connectivity index (χ3n) is 4.19. The number of aromatic nitrogens is 1. The van der Waals surface area contributed by atoms with E-state index < -0.39 is 0 Å². The predicted octanol–water partition coefficient (Wildman–Crippen LogP) is 5.06. The van der Waals surface area contributed by atoms with Gasteiger partial charge in [-0.15, -0.1) is 0 Å². The molecule has 6 nitrogen and oxygen atoms in total. The van der Waals surface area contributed by atoms with Gasteiger partial charge in [0.05, 0.1) is 14.2 Å². The average molecular weight is 398 g/mol. The van der Waals surface area contributed by atoms with Gasteiger partial charge in [0.25, 0.3) is 5.91 Å². The molecule has 0 bridgehead atoms. The Bertz CT molecular complexity index is 1010. The molecule has 0 saturated heterocycles.